The maximum Gasteiger partial charge on any atom is 0.328 e. The van der Waals surface area contributed by atoms with E-state index in [0.29, 0.717) is 6.61 Å². The third-order valence-electron chi connectivity index (χ3n) is 2.51. The number of benzene rings is 1. The highest BCUT2D eigenvalue weighted by Gasteiger charge is 2.00. The number of rotatable bonds is 6. The van der Waals surface area contributed by atoms with Crippen LogP contribution in [0.1, 0.15) is 9.75 Å². The number of hydrogen-bond acceptors (Lipinski definition) is 4. The molecule has 0 saturated heterocycles. The SMILES string of the molecule is COc1ccc(OCc2ccc(C=CC(=O)O)s2)cc1. The van der Waals surface area contributed by atoms with Gasteiger partial charge in [-0.1, -0.05) is 0 Å². The van der Waals surface area contributed by atoms with Crippen molar-refractivity contribution in [2.45, 2.75) is 6.61 Å². The van der Waals surface area contributed by atoms with Gasteiger partial charge in [-0.3, -0.25) is 0 Å². The van der Waals surface area contributed by atoms with Gasteiger partial charge < -0.3 is 14.6 Å². The fraction of sp³-hybridized carbons (Fsp3) is 0.133. The molecular weight excluding hydrogens is 276 g/mol. The van der Waals surface area contributed by atoms with E-state index in [2.05, 4.69) is 0 Å². The number of thiophene rings is 1. The average molecular weight is 290 g/mol. The summed E-state index contributed by atoms with van der Waals surface area (Å²) in [6.07, 6.45) is 2.70. The van der Waals surface area contributed by atoms with E-state index in [4.69, 9.17) is 14.6 Å². The Morgan fingerprint density at radius 2 is 1.90 bits per heavy atom. The molecule has 0 aliphatic rings. The quantitative estimate of drug-likeness (QED) is 0.828. The third-order valence-corrected chi connectivity index (χ3v) is 3.54. The number of carbonyl (C=O) groups is 1. The highest BCUT2D eigenvalue weighted by molar-refractivity contribution is 7.12. The fourth-order valence-electron chi connectivity index (χ4n) is 1.54. The van der Waals surface area contributed by atoms with E-state index in [1.807, 2.05) is 36.4 Å². The molecule has 0 aliphatic heterocycles. The zero-order chi connectivity index (χ0) is 14.4. The number of methoxy groups -OCH3 is 1. The first kappa shape index (κ1) is 14.1. The van der Waals surface area contributed by atoms with Gasteiger partial charge in [-0.05, 0) is 42.5 Å². The van der Waals surface area contributed by atoms with Crippen LogP contribution in [-0.4, -0.2) is 18.2 Å². The second kappa shape index (κ2) is 6.77. The highest BCUT2D eigenvalue weighted by Crippen LogP contribution is 2.22. The molecule has 1 N–H and O–H groups in total. The van der Waals surface area contributed by atoms with E-state index in [0.717, 1.165) is 27.3 Å². The van der Waals surface area contributed by atoms with Crippen LogP contribution in [0.3, 0.4) is 0 Å². The van der Waals surface area contributed by atoms with Gasteiger partial charge in [0.15, 0.2) is 0 Å². The molecule has 0 radical (unpaired) electrons. The first-order valence-corrected chi connectivity index (χ1v) is 6.75. The Labute approximate surface area is 120 Å². The van der Waals surface area contributed by atoms with Crippen LogP contribution in [0, 0.1) is 0 Å². The minimum absolute atomic E-state index is 0.456. The molecule has 5 heteroatoms. The highest BCUT2D eigenvalue weighted by atomic mass is 32.1. The zero-order valence-corrected chi connectivity index (χ0v) is 11.7. The van der Waals surface area contributed by atoms with Crippen LogP contribution in [-0.2, 0) is 11.4 Å². The summed E-state index contributed by atoms with van der Waals surface area (Å²) in [5, 5.41) is 8.56. The molecular formula is C15H14O4S. The first-order chi connectivity index (χ1) is 9.67. The maximum atomic E-state index is 10.4. The zero-order valence-electron chi connectivity index (χ0n) is 10.9. The summed E-state index contributed by atoms with van der Waals surface area (Å²) >= 11 is 1.50. The van der Waals surface area contributed by atoms with E-state index in [1.54, 1.807) is 13.2 Å². The molecule has 0 amide bonds. The molecule has 0 aliphatic carbocycles. The Morgan fingerprint density at radius 3 is 2.55 bits per heavy atom. The Hall–Kier alpha value is -2.27. The van der Waals surface area contributed by atoms with Crippen LogP contribution in [0.25, 0.3) is 6.08 Å². The minimum Gasteiger partial charge on any atom is -0.497 e. The molecule has 0 atom stereocenters. The van der Waals surface area contributed by atoms with Crippen LogP contribution < -0.4 is 9.47 Å². The Bertz CT molecular complexity index is 599. The average Bonchev–Trinajstić information content (AvgIpc) is 2.91. The molecule has 0 saturated carbocycles. The summed E-state index contributed by atoms with van der Waals surface area (Å²) < 4.78 is 10.7. The topological polar surface area (TPSA) is 55.8 Å². The van der Waals surface area contributed by atoms with E-state index >= 15 is 0 Å². The number of ether oxygens (including phenoxy) is 2. The van der Waals surface area contributed by atoms with Crippen LogP contribution in [0.5, 0.6) is 11.5 Å². The predicted molar refractivity (Wildman–Crippen MR) is 78.3 cm³/mol. The van der Waals surface area contributed by atoms with Gasteiger partial charge in [0.2, 0.25) is 0 Å². The summed E-state index contributed by atoms with van der Waals surface area (Å²) in [6, 6.07) is 11.2. The molecule has 0 spiro atoms. The summed E-state index contributed by atoms with van der Waals surface area (Å²) in [5.74, 6) is 0.603. The number of carboxylic acid groups (broad SMARTS) is 1. The lowest BCUT2D eigenvalue weighted by atomic mass is 10.3. The van der Waals surface area contributed by atoms with E-state index in [-0.39, 0.29) is 0 Å². The summed E-state index contributed by atoms with van der Waals surface area (Å²) in [5.41, 5.74) is 0. The fourth-order valence-corrected chi connectivity index (χ4v) is 2.37. The standard InChI is InChI=1S/C15H14O4S/c1-18-11-2-4-12(5-3-11)19-10-14-7-6-13(20-14)8-9-15(16)17/h2-9H,10H2,1H3,(H,16,17). The van der Waals surface area contributed by atoms with Gasteiger partial charge in [-0.15, -0.1) is 11.3 Å². The van der Waals surface area contributed by atoms with Crippen molar-refractivity contribution in [2.75, 3.05) is 7.11 Å². The largest absolute Gasteiger partial charge is 0.497 e. The minimum atomic E-state index is -0.950. The molecule has 1 aromatic carbocycles. The van der Waals surface area contributed by atoms with Crippen molar-refractivity contribution in [1.29, 1.82) is 0 Å². The van der Waals surface area contributed by atoms with Crippen molar-refractivity contribution < 1.29 is 19.4 Å². The summed E-state index contributed by atoms with van der Waals surface area (Å²) in [6.45, 7) is 0.456. The summed E-state index contributed by atoms with van der Waals surface area (Å²) in [4.78, 5) is 12.3. The Morgan fingerprint density at radius 1 is 1.20 bits per heavy atom. The normalized spacial score (nSPS) is 10.7. The molecule has 0 fully saturated rings. The molecule has 4 nitrogen and oxygen atoms in total. The summed E-state index contributed by atoms with van der Waals surface area (Å²) in [7, 11) is 1.62. The van der Waals surface area contributed by atoms with Crippen LogP contribution in [0.15, 0.2) is 42.5 Å². The number of carboxylic acids is 1. The Kier molecular flexibility index (Phi) is 4.79. The monoisotopic (exact) mass is 290 g/mol. The molecule has 20 heavy (non-hydrogen) atoms. The van der Waals surface area contributed by atoms with Gasteiger partial charge >= 0.3 is 5.97 Å². The molecule has 2 rings (SSSR count). The van der Waals surface area contributed by atoms with Crippen LogP contribution in [0.2, 0.25) is 0 Å². The van der Waals surface area contributed by atoms with Gasteiger partial charge in [0, 0.05) is 15.8 Å². The number of hydrogen-bond donors (Lipinski definition) is 1. The van der Waals surface area contributed by atoms with Crippen molar-refractivity contribution in [3.63, 3.8) is 0 Å². The molecule has 0 bridgehead atoms. The van der Waals surface area contributed by atoms with Crippen molar-refractivity contribution in [1.82, 2.24) is 0 Å². The first-order valence-electron chi connectivity index (χ1n) is 5.94. The lowest BCUT2D eigenvalue weighted by Crippen LogP contribution is -1.92. The van der Waals surface area contributed by atoms with Gasteiger partial charge in [0.05, 0.1) is 7.11 Å². The lowest BCUT2D eigenvalue weighted by molar-refractivity contribution is -0.131. The van der Waals surface area contributed by atoms with Crippen molar-refractivity contribution in [2.24, 2.45) is 0 Å². The van der Waals surface area contributed by atoms with Gasteiger partial charge in [-0.2, -0.15) is 0 Å². The van der Waals surface area contributed by atoms with E-state index in [9.17, 15) is 4.79 Å². The molecule has 2 aromatic rings. The lowest BCUT2D eigenvalue weighted by Gasteiger charge is -2.05. The number of aliphatic carboxylic acids is 1. The van der Waals surface area contributed by atoms with Crippen molar-refractivity contribution in [3.05, 3.63) is 52.2 Å². The molecule has 0 unspecified atom stereocenters. The van der Waals surface area contributed by atoms with Crippen molar-refractivity contribution in [3.8, 4) is 11.5 Å². The molecule has 104 valence electrons. The maximum absolute atomic E-state index is 10.4. The predicted octanol–water partition coefficient (Wildman–Crippen LogP) is 3.43. The van der Waals surface area contributed by atoms with Crippen LogP contribution in [0.4, 0.5) is 0 Å². The Balaban J connectivity index is 1.91. The van der Waals surface area contributed by atoms with Crippen molar-refractivity contribution >= 4 is 23.4 Å². The van der Waals surface area contributed by atoms with Crippen LogP contribution >= 0.6 is 11.3 Å². The van der Waals surface area contributed by atoms with Gasteiger partial charge in [-0.25, -0.2) is 4.79 Å². The smallest absolute Gasteiger partial charge is 0.328 e. The third kappa shape index (κ3) is 4.13. The van der Waals surface area contributed by atoms with Gasteiger partial charge in [0.1, 0.15) is 18.1 Å². The molecule has 1 heterocycles. The second-order valence-corrected chi connectivity index (χ2v) is 5.14. The molecule has 1 aromatic heterocycles. The second-order valence-electron chi connectivity index (χ2n) is 3.94. The van der Waals surface area contributed by atoms with Gasteiger partial charge in [0.25, 0.3) is 0 Å². The van der Waals surface area contributed by atoms with E-state index in [1.165, 1.54) is 11.3 Å². The van der Waals surface area contributed by atoms with E-state index < -0.39 is 5.97 Å².